The van der Waals surface area contributed by atoms with Gasteiger partial charge < -0.3 is 0 Å². The summed E-state index contributed by atoms with van der Waals surface area (Å²) in [7, 11) is -1.14. The second kappa shape index (κ2) is 5.19. The average Bonchev–Trinajstić information content (AvgIpc) is 2.82. The van der Waals surface area contributed by atoms with Crippen molar-refractivity contribution < 1.29 is 8.42 Å². The van der Waals surface area contributed by atoms with Gasteiger partial charge in [0.1, 0.15) is 5.52 Å². The fourth-order valence-electron chi connectivity index (χ4n) is 2.57. The Bertz CT molecular complexity index is 831. The van der Waals surface area contributed by atoms with Crippen LogP contribution in [0.5, 0.6) is 0 Å². The number of hydrogen-bond acceptors (Lipinski definition) is 6. The van der Waals surface area contributed by atoms with Crippen LogP contribution in [0, 0.1) is 0 Å². The molecule has 2 heterocycles. The van der Waals surface area contributed by atoms with Crippen LogP contribution < -0.4 is 5.56 Å². The number of benzene rings is 1. The van der Waals surface area contributed by atoms with Crippen LogP contribution in [0.25, 0.3) is 10.9 Å². The molecule has 0 spiro atoms. The van der Waals surface area contributed by atoms with E-state index in [1.165, 1.54) is 4.68 Å². The van der Waals surface area contributed by atoms with Crippen molar-refractivity contribution in [2.24, 2.45) is 0 Å². The SMILES string of the molecule is CN(Cn1nnc2ccccc2c1=O)[C@@H]1CCS(=O)(=O)C1. The van der Waals surface area contributed by atoms with Crippen LogP contribution in [0.3, 0.4) is 0 Å². The number of fused-ring (bicyclic) bond motifs is 1. The Morgan fingerprint density at radius 3 is 2.86 bits per heavy atom. The Hall–Kier alpha value is -1.80. The van der Waals surface area contributed by atoms with Gasteiger partial charge in [0.15, 0.2) is 9.84 Å². The summed E-state index contributed by atoms with van der Waals surface area (Å²) in [4.78, 5) is 14.2. The lowest BCUT2D eigenvalue weighted by molar-refractivity contribution is 0.191. The minimum Gasteiger partial charge on any atom is -0.283 e. The molecule has 8 heteroatoms. The third-order valence-corrected chi connectivity index (χ3v) is 5.57. The van der Waals surface area contributed by atoms with Crippen LogP contribution in [-0.4, -0.2) is 52.9 Å². The van der Waals surface area contributed by atoms with E-state index in [0.717, 1.165) is 0 Å². The van der Waals surface area contributed by atoms with E-state index in [0.29, 0.717) is 17.3 Å². The number of hydrogen-bond donors (Lipinski definition) is 0. The molecule has 0 unspecified atom stereocenters. The van der Waals surface area contributed by atoms with Crippen LogP contribution in [0.4, 0.5) is 0 Å². The van der Waals surface area contributed by atoms with Crippen molar-refractivity contribution in [2.75, 3.05) is 18.6 Å². The largest absolute Gasteiger partial charge is 0.283 e. The van der Waals surface area contributed by atoms with Gasteiger partial charge in [0.25, 0.3) is 5.56 Å². The van der Waals surface area contributed by atoms with Crippen molar-refractivity contribution in [2.45, 2.75) is 19.1 Å². The lowest BCUT2D eigenvalue weighted by Crippen LogP contribution is -2.38. The number of sulfone groups is 1. The predicted octanol–water partition coefficient (Wildman–Crippen LogP) is -0.132. The maximum atomic E-state index is 12.3. The standard InChI is InChI=1S/C13H16N4O3S/c1-16(10-6-7-21(19,20)8-10)9-17-13(18)11-4-2-3-5-12(11)14-15-17/h2-5,10H,6-9H2,1H3/t10-/m1/s1. The lowest BCUT2D eigenvalue weighted by Gasteiger charge is -2.22. The molecule has 1 aromatic heterocycles. The first-order valence-corrected chi connectivity index (χ1v) is 8.52. The molecule has 0 N–H and O–H groups in total. The molecule has 1 aliphatic heterocycles. The third kappa shape index (κ3) is 2.81. The molecule has 0 radical (unpaired) electrons. The quantitative estimate of drug-likeness (QED) is 0.785. The minimum absolute atomic E-state index is 0.0739. The smallest absolute Gasteiger partial charge is 0.278 e. The van der Waals surface area contributed by atoms with E-state index < -0.39 is 9.84 Å². The van der Waals surface area contributed by atoms with Crippen molar-refractivity contribution in [3.63, 3.8) is 0 Å². The normalized spacial score (nSPS) is 21.1. The second-order valence-corrected chi connectivity index (χ2v) is 7.60. The summed E-state index contributed by atoms with van der Waals surface area (Å²) in [6.45, 7) is 0.233. The summed E-state index contributed by atoms with van der Waals surface area (Å²) in [5.74, 6) is 0.347. The molecule has 0 bridgehead atoms. The fourth-order valence-corrected chi connectivity index (χ4v) is 4.37. The topological polar surface area (TPSA) is 85.2 Å². The summed E-state index contributed by atoms with van der Waals surface area (Å²) in [6.07, 6.45) is 0.592. The molecular formula is C13H16N4O3S. The highest BCUT2D eigenvalue weighted by Crippen LogP contribution is 2.16. The molecule has 1 saturated heterocycles. The van der Waals surface area contributed by atoms with E-state index in [9.17, 15) is 13.2 Å². The highest BCUT2D eigenvalue weighted by Gasteiger charge is 2.30. The number of rotatable bonds is 3. The Balaban J connectivity index is 1.85. The molecule has 1 atom stereocenters. The maximum absolute atomic E-state index is 12.3. The van der Waals surface area contributed by atoms with E-state index in [4.69, 9.17) is 0 Å². The van der Waals surface area contributed by atoms with Gasteiger partial charge in [-0.05, 0) is 25.6 Å². The van der Waals surface area contributed by atoms with E-state index in [-0.39, 0.29) is 29.8 Å². The first-order valence-electron chi connectivity index (χ1n) is 6.69. The van der Waals surface area contributed by atoms with E-state index >= 15 is 0 Å². The molecule has 21 heavy (non-hydrogen) atoms. The fraction of sp³-hybridized carbons (Fsp3) is 0.462. The Kier molecular flexibility index (Phi) is 3.50. The van der Waals surface area contributed by atoms with Gasteiger partial charge in [-0.3, -0.25) is 9.69 Å². The summed E-state index contributed by atoms with van der Waals surface area (Å²) in [5.41, 5.74) is 0.346. The van der Waals surface area contributed by atoms with Gasteiger partial charge in [0.2, 0.25) is 0 Å². The van der Waals surface area contributed by atoms with Crippen molar-refractivity contribution in [1.82, 2.24) is 19.9 Å². The lowest BCUT2D eigenvalue weighted by atomic mass is 10.2. The predicted molar refractivity (Wildman–Crippen MR) is 78.6 cm³/mol. The van der Waals surface area contributed by atoms with Crippen molar-refractivity contribution >= 4 is 20.7 Å². The van der Waals surface area contributed by atoms with E-state index in [1.807, 2.05) is 4.90 Å². The summed E-state index contributed by atoms with van der Waals surface area (Å²) in [6, 6.07) is 6.96. The van der Waals surface area contributed by atoms with Crippen molar-refractivity contribution in [3.8, 4) is 0 Å². The van der Waals surface area contributed by atoms with Gasteiger partial charge in [0, 0.05) is 6.04 Å². The van der Waals surface area contributed by atoms with Gasteiger partial charge in [-0.2, -0.15) is 4.68 Å². The monoisotopic (exact) mass is 308 g/mol. The average molecular weight is 308 g/mol. The first-order chi connectivity index (χ1) is 9.96. The van der Waals surface area contributed by atoms with Gasteiger partial charge in [-0.15, -0.1) is 5.10 Å². The van der Waals surface area contributed by atoms with E-state index in [2.05, 4.69) is 10.3 Å². The van der Waals surface area contributed by atoms with Crippen molar-refractivity contribution in [3.05, 3.63) is 34.6 Å². The Morgan fingerprint density at radius 1 is 1.38 bits per heavy atom. The molecule has 3 rings (SSSR count). The van der Waals surface area contributed by atoms with Gasteiger partial charge >= 0.3 is 0 Å². The van der Waals surface area contributed by atoms with Crippen molar-refractivity contribution in [1.29, 1.82) is 0 Å². The van der Waals surface area contributed by atoms with Crippen LogP contribution in [-0.2, 0) is 16.5 Å². The molecule has 2 aromatic rings. The molecule has 1 aromatic carbocycles. The number of nitrogens with zero attached hydrogens (tertiary/aromatic N) is 4. The third-order valence-electron chi connectivity index (χ3n) is 3.82. The zero-order valence-corrected chi connectivity index (χ0v) is 12.5. The van der Waals surface area contributed by atoms with Crippen LogP contribution in [0.15, 0.2) is 29.1 Å². The zero-order valence-electron chi connectivity index (χ0n) is 11.6. The highest BCUT2D eigenvalue weighted by molar-refractivity contribution is 7.91. The molecule has 1 fully saturated rings. The van der Waals surface area contributed by atoms with Crippen LogP contribution in [0.2, 0.25) is 0 Å². The molecular weight excluding hydrogens is 292 g/mol. The van der Waals surface area contributed by atoms with Gasteiger partial charge in [0.05, 0.1) is 23.6 Å². The molecule has 112 valence electrons. The molecule has 0 saturated carbocycles. The Morgan fingerprint density at radius 2 is 2.14 bits per heavy atom. The number of aromatic nitrogens is 3. The summed E-state index contributed by atoms with van der Waals surface area (Å²) >= 11 is 0. The van der Waals surface area contributed by atoms with E-state index in [1.54, 1.807) is 31.3 Å². The van der Waals surface area contributed by atoms with Gasteiger partial charge in [-0.25, -0.2) is 8.42 Å². The molecule has 7 nitrogen and oxygen atoms in total. The summed E-state index contributed by atoms with van der Waals surface area (Å²) < 4.78 is 24.3. The zero-order chi connectivity index (χ0) is 15.0. The molecule has 1 aliphatic rings. The first kappa shape index (κ1) is 14.2. The van der Waals surface area contributed by atoms with Crippen LogP contribution >= 0.6 is 0 Å². The maximum Gasteiger partial charge on any atom is 0.278 e. The second-order valence-electron chi connectivity index (χ2n) is 5.37. The van der Waals surface area contributed by atoms with Crippen LogP contribution in [0.1, 0.15) is 6.42 Å². The minimum atomic E-state index is -2.94. The van der Waals surface area contributed by atoms with Gasteiger partial charge in [-0.1, -0.05) is 17.3 Å². The summed E-state index contributed by atoms with van der Waals surface area (Å²) in [5, 5.41) is 8.45. The Labute approximate surface area is 122 Å². The highest BCUT2D eigenvalue weighted by atomic mass is 32.2. The molecule has 0 amide bonds. The molecule has 0 aliphatic carbocycles.